The van der Waals surface area contributed by atoms with Gasteiger partial charge in [-0.2, -0.15) is 15.0 Å². The summed E-state index contributed by atoms with van der Waals surface area (Å²) < 4.78 is 10.9. The lowest BCUT2D eigenvalue weighted by atomic mass is 10.1. The minimum atomic E-state index is -0.217. The molecule has 0 atom stereocenters. The highest BCUT2D eigenvalue weighted by molar-refractivity contribution is 5.37. The molecule has 1 aromatic rings. The van der Waals surface area contributed by atoms with Gasteiger partial charge in [0.05, 0.1) is 18.8 Å². The average molecular weight is 253 g/mol. The lowest BCUT2D eigenvalue weighted by Crippen LogP contribution is -2.49. The fourth-order valence-electron chi connectivity index (χ4n) is 1.88. The van der Waals surface area contributed by atoms with Crippen molar-refractivity contribution in [1.29, 1.82) is 0 Å². The highest BCUT2D eigenvalue weighted by atomic mass is 16.5. The molecule has 1 fully saturated rings. The van der Waals surface area contributed by atoms with E-state index in [2.05, 4.69) is 15.0 Å². The van der Waals surface area contributed by atoms with Crippen LogP contribution in [-0.4, -0.2) is 46.9 Å². The number of nitrogen functional groups attached to an aromatic ring is 1. The number of nitrogens with zero attached hydrogens (tertiary/aromatic N) is 4. The number of aromatic nitrogens is 3. The Bertz CT molecular complexity index is 424. The van der Waals surface area contributed by atoms with E-state index >= 15 is 0 Å². The molecule has 18 heavy (non-hydrogen) atoms. The predicted octanol–water partition coefficient (Wildman–Crippen LogP) is 0.468. The lowest BCUT2D eigenvalue weighted by molar-refractivity contribution is -0.0281. The van der Waals surface area contributed by atoms with Gasteiger partial charge < -0.3 is 20.1 Å². The summed E-state index contributed by atoms with van der Waals surface area (Å²) >= 11 is 0. The molecule has 0 radical (unpaired) electrons. The van der Waals surface area contributed by atoms with Crippen molar-refractivity contribution in [2.45, 2.75) is 26.4 Å². The smallest absolute Gasteiger partial charge is 0.323 e. The highest BCUT2D eigenvalue weighted by Gasteiger charge is 2.29. The van der Waals surface area contributed by atoms with Crippen molar-refractivity contribution in [3.8, 4) is 6.01 Å². The van der Waals surface area contributed by atoms with E-state index in [1.54, 1.807) is 0 Å². The Hall–Kier alpha value is -1.63. The zero-order valence-electron chi connectivity index (χ0n) is 11.0. The van der Waals surface area contributed by atoms with Crippen LogP contribution in [0.25, 0.3) is 0 Å². The molecule has 1 aliphatic rings. The second kappa shape index (κ2) is 4.93. The first-order chi connectivity index (χ1) is 8.50. The summed E-state index contributed by atoms with van der Waals surface area (Å²) in [7, 11) is 0. The molecule has 0 bridgehead atoms. The Morgan fingerprint density at radius 2 is 2.17 bits per heavy atom. The van der Waals surface area contributed by atoms with Crippen molar-refractivity contribution in [2.24, 2.45) is 0 Å². The molecular weight excluding hydrogens is 234 g/mol. The van der Waals surface area contributed by atoms with Crippen molar-refractivity contribution in [1.82, 2.24) is 15.0 Å². The Labute approximate surface area is 106 Å². The van der Waals surface area contributed by atoms with Crippen molar-refractivity contribution >= 4 is 11.9 Å². The van der Waals surface area contributed by atoms with Gasteiger partial charge in [-0.1, -0.05) is 0 Å². The number of hydrogen-bond donors (Lipinski definition) is 1. The standard InChI is InChI=1S/C11H19N5O2/c1-4-17-10-14-8(12)13-9(15-10)16-5-6-18-11(2,3)7-16/h4-7H2,1-3H3,(H2,12,13,14,15). The van der Waals surface area contributed by atoms with Gasteiger partial charge in [0.2, 0.25) is 11.9 Å². The molecule has 1 saturated heterocycles. The summed E-state index contributed by atoms with van der Waals surface area (Å²) in [6.07, 6.45) is 0. The fraction of sp³-hybridized carbons (Fsp3) is 0.727. The topological polar surface area (TPSA) is 86.4 Å². The van der Waals surface area contributed by atoms with E-state index in [0.717, 1.165) is 6.54 Å². The fourth-order valence-corrected chi connectivity index (χ4v) is 1.88. The molecule has 7 nitrogen and oxygen atoms in total. The van der Waals surface area contributed by atoms with E-state index in [9.17, 15) is 0 Å². The first kappa shape index (κ1) is 12.8. The number of anilines is 2. The maximum Gasteiger partial charge on any atom is 0.323 e. The third-order valence-corrected chi connectivity index (χ3v) is 2.60. The molecular formula is C11H19N5O2. The molecule has 2 heterocycles. The molecule has 0 saturated carbocycles. The molecule has 100 valence electrons. The maximum atomic E-state index is 5.66. The number of nitrogens with two attached hydrogens (primary N) is 1. The zero-order valence-corrected chi connectivity index (χ0v) is 11.0. The minimum Gasteiger partial charge on any atom is -0.464 e. The summed E-state index contributed by atoms with van der Waals surface area (Å²) in [4.78, 5) is 14.4. The van der Waals surface area contributed by atoms with Crippen LogP contribution in [0.3, 0.4) is 0 Å². The van der Waals surface area contributed by atoms with E-state index in [-0.39, 0.29) is 17.6 Å². The molecule has 2 N–H and O–H groups in total. The van der Waals surface area contributed by atoms with Crippen LogP contribution in [0, 0.1) is 0 Å². The quantitative estimate of drug-likeness (QED) is 0.837. The summed E-state index contributed by atoms with van der Waals surface area (Å²) in [5.74, 6) is 0.718. The number of ether oxygens (including phenoxy) is 2. The first-order valence-corrected chi connectivity index (χ1v) is 6.03. The van der Waals surface area contributed by atoms with Gasteiger partial charge in [-0.25, -0.2) is 0 Å². The van der Waals surface area contributed by atoms with Crippen LogP contribution in [0.5, 0.6) is 6.01 Å². The molecule has 0 aromatic carbocycles. The predicted molar refractivity (Wildman–Crippen MR) is 67.7 cm³/mol. The summed E-state index contributed by atoms with van der Waals surface area (Å²) in [5.41, 5.74) is 5.45. The molecule has 7 heteroatoms. The van der Waals surface area contributed by atoms with Crippen molar-refractivity contribution in [2.75, 3.05) is 36.9 Å². The van der Waals surface area contributed by atoms with Crippen LogP contribution < -0.4 is 15.4 Å². The van der Waals surface area contributed by atoms with Gasteiger partial charge >= 0.3 is 6.01 Å². The van der Waals surface area contributed by atoms with Gasteiger partial charge in [-0.05, 0) is 20.8 Å². The van der Waals surface area contributed by atoms with Crippen molar-refractivity contribution in [3.63, 3.8) is 0 Å². The summed E-state index contributed by atoms with van der Waals surface area (Å²) in [6, 6.07) is 0.268. The number of morpholine rings is 1. The van der Waals surface area contributed by atoms with Crippen molar-refractivity contribution in [3.05, 3.63) is 0 Å². The Morgan fingerprint density at radius 1 is 1.39 bits per heavy atom. The molecule has 2 rings (SSSR count). The van der Waals surface area contributed by atoms with Gasteiger partial charge in [-0.15, -0.1) is 0 Å². The van der Waals surface area contributed by atoms with Crippen LogP contribution >= 0.6 is 0 Å². The Balaban J connectivity index is 2.21. The van der Waals surface area contributed by atoms with Gasteiger partial charge in [0.1, 0.15) is 0 Å². The third kappa shape index (κ3) is 2.98. The van der Waals surface area contributed by atoms with Crippen LogP contribution in [0.2, 0.25) is 0 Å². The molecule has 1 aromatic heterocycles. The molecule has 1 aliphatic heterocycles. The van der Waals surface area contributed by atoms with Crippen LogP contribution in [-0.2, 0) is 4.74 Å². The first-order valence-electron chi connectivity index (χ1n) is 6.03. The van der Waals surface area contributed by atoms with Gasteiger partial charge in [0, 0.05) is 13.1 Å². The maximum absolute atomic E-state index is 5.66. The van der Waals surface area contributed by atoms with E-state index in [4.69, 9.17) is 15.2 Å². The average Bonchev–Trinajstić information content (AvgIpc) is 2.27. The number of hydrogen-bond acceptors (Lipinski definition) is 7. The van der Waals surface area contributed by atoms with Crippen molar-refractivity contribution < 1.29 is 9.47 Å². The van der Waals surface area contributed by atoms with Gasteiger partial charge in [-0.3, -0.25) is 0 Å². The van der Waals surface area contributed by atoms with Crippen LogP contribution in [0.15, 0.2) is 0 Å². The second-order valence-corrected chi connectivity index (χ2v) is 4.74. The molecule has 0 unspecified atom stereocenters. The summed E-state index contributed by atoms with van der Waals surface area (Å²) in [6.45, 7) is 8.53. The van der Waals surface area contributed by atoms with Gasteiger partial charge in [0.25, 0.3) is 0 Å². The highest BCUT2D eigenvalue weighted by Crippen LogP contribution is 2.21. The Morgan fingerprint density at radius 3 is 2.83 bits per heavy atom. The SMILES string of the molecule is CCOc1nc(N)nc(N2CCOC(C)(C)C2)n1. The Kier molecular flexibility index (Phi) is 3.51. The van der Waals surface area contributed by atoms with E-state index in [1.165, 1.54) is 0 Å². The third-order valence-electron chi connectivity index (χ3n) is 2.60. The van der Waals surface area contributed by atoms with E-state index in [0.29, 0.717) is 25.7 Å². The largest absolute Gasteiger partial charge is 0.464 e. The lowest BCUT2D eigenvalue weighted by Gasteiger charge is -2.38. The number of rotatable bonds is 3. The molecule has 0 amide bonds. The van der Waals surface area contributed by atoms with Crippen LogP contribution in [0.4, 0.5) is 11.9 Å². The molecule has 0 spiro atoms. The normalized spacial score (nSPS) is 18.7. The minimum absolute atomic E-state index is 0.174. The monoisotopic (exact) mass is 253 g/mol. The van der Waals surface area contributed by atoms with E-state index < -0.39 is 0 Å². The van der Waals surface area contributed by atoms with Crippen LogP contribution in [0.1, 0.15) is 20.8 Å². The van der Waals surface area contributed by atoms with E-state index in [1.807, 2.05) is 25.7 Å². The second-order valence-electron chi connectivity index (χ2n) is 4.74. The zero-order chi connectivity index (χ0) is 13.2. The molecule has 0 aliphatic carbocycles. The summed E-state index contributed by atoms with van der Waals surface area (Å²) in [5, 5.41) is 0. The van der Waals surface area contributed by atoms with Gasteiger partial charge in [0.15, 0.2) is 0 Å².